The molecule has 3 nitrogen and oxygen atoms in total. The van der Waals surface area contributed by atoms with E-state index in [-0.39, 0.29) is 6.04 Å². The fourth-order valence-corrected chi connectivity index (χ4v) is 8.87. The van der Waals surface area contributed by atoms with Gasteiger partial charge in [-0.1, -0.05) is 146 Å². The number of thiophene rings is 1. The predicted molar refractivity (Wildman–Crippen MR) is 219 cm³/mol. The first-order valence-corrected chi connectivity index (χ1v) is 18.6. The van der Waals surface area contributed by atoms with Gasteiger partial charge in [0.1, 0.15) is 0 Å². The lowest BCUT2D eigenvalue weighted by Gasteiger charge is -2.29. The normalized spacial score (nSPS) is 15.0. The van der Waals surface area contributed by atoms with Crippen molar-refractivity contribution in [2.45, 2.75) is 12.5 Å². The van der Waals surface area contributed by atoms with E-state index >= 15 is 0 Å². The van der Waals surface area contributed by atoms with Crippen LogP contribution < -0.4 is 5.32 Å². The fraction of sp³-hybridized carbons (Fsp3) is 0.0417. The molecule has 6 aromatic carbocycles. The summed E-state index contributed by atoms with van der Waals surface area (Å²) in [6.07, 6.45) is 9.72. The number of hydrogen-bond donors (Lipinski definition) is 1. The Kier molecular flexibility index (Phi) is 7.47. The summed E-state index contributed by atoms with van der Waals surface area (Å²) in [5, 5.41) is 7.78. The lowest BCUT2D eigenvalue weighted by molar-refractivity contribution is 0.957. The zero-order valence-corrected chi connectivity index (χ0v) is 29.1. The maximum absolute atomic E-state index is 5.19. The molecule has 1 aliphatic carbocycles. The van der Waals surface area contributed by atoms with E-state index in [1.54, 1.807) is 0 Å². The van der Waals surface area contributed by atoms with E-state index in [0.717, 1.165) is 40.2 Å². The van der Waals surface area contributed by atoms with Crippen LogP contribution in [0, 0.1) is 0 Å². The number of hydrogen-bond acceptors (Lipinski definition) is 4. The second kappa shape index (κ2) is 12.8. The summed E-state index contributed by atoms with van der Waals surface area (Å²) in [5.41, 5.74) is 12.4. The molecule has 0 bridgehead atoms. The number of anilines is 1. The summed E-state index contributed by atoms with van der Waals surface area (Å²) < 4.78 is 1.30. The van der Waals surface area contributed by atoms with Crippen LogP contribution in [0.15, 0.2) is 176 Å². The van der Waals surface area contributed by atoms with Crippen LogP contribution in [0.1, 0.15) is 34.2 Å². The van der Waals surface area contributed by atoms with Crippen LogP contribution in [0.3, 0.4) is 0 Å². The maximum Gasteiger partial charge on any atom is 0.160 e. The number of rotatable bonds is 5. The summed E-state index contributed by atoms with van der Waals surface area (Å²) >= 11 is 1.89. The molecule has 246 valence electrons. The van der Waals surface area contributed by atoms with Crippen LogP contribution >= 0.6 is 11.3 Å². The van der Waals surface area contributed by atoms with Crippen molar-refractivity contribution in [1.82, 2.24) is 9.97 Å². The van der Waals surface area contributed by atoms with Crippen LogP contribution in [-0.2, 0) is 0 Å². The van der Waals surface area contributed by atoms with Crippen LogP contribution in [0.25, 0.3) is 65.8 Å². The zero-order chi connectivity index (χ0) is 34.4. The molecule has 4 heteroatoms. The highest BCUT2D eigenvalue weighted by atomic mass is 32.1. The first kappa shape index (κ1) is 30.5. The SMILES string of the molecule is C1=CC(c2cc(-c3cccc(C4Nc5cc6ccccc6cc5-c5c4sc4ccccc54)c3)nc(-c3ccccc3)n2)=CC=C(c2ccccc2)C1. The minimum absolute atomic E-state index is 0.00930. The summed E-state index contributed by atoms with van der Waals surface area (Å²) in [6.45, 7) is 0. The molecule has 0 amide bonds. The van der Waals surface area contributed by atoms with Crippen LogP contribution in [-0.4, -0.2) is 9.97 Å². The quantitative estimate of drug-likeness (QED) is 0.196. The maximum atomic E-state index is 5.19. The van der Waals surface area contributed by atoms with E-state index in [1.807, 2.05) is 29.5 Å². The first-order chi connectivity index (χ1) is 25.7. The Labute approximate surface area is 307 Å². The molecule has 0 fully saturated rings. The number of fused-ring (bicyclic) bond motifs is 6. The fourth-order valence-electron chi connectivity index (χ4n) is 7.57. The number of allylic oxidation sites excluding steroid dienone is 6. The number of benzene rings is 6. The molecule has 1 atom stereocenters. The molecule has 1 unspecified atom stereocenters. The van der Waals surface area contributed by atoms with Crippen LogP contribution in [0.5, 0.6) is 0 Å². The highest BCUT2D eigenvalue weighted by Gasteiger charge is 2.30. The standard InChI is InChI=1S/C48H33N3S/c1-3-13-31(14-4-1)32-19-11-20-33(26-25-32)41-30-42(51-48(50-41)34-15-5-2-6-16-34)37-21-12-22-38(27-37)46-47-45(39-23-9-10-24-44(39)52-47)40-28-35-17-7-8-18-36(35)29-43(40)49-46/h1-18,20-30,46,49H,19H2. The average molecular weight is 684 g/mol. The van der Waals surface area contributed by atoms with E-state index in [4.69, 9.17) is 9.97 Å². The molecule has 10 rings (SSSR count). The van der Waals surface area contributed by atoms with Gasteiger partial charge in [0.2, 0.25) is 0 Å². The van der Waals surface area contributed by atoms with Crippen molar-refractivity contribution in [2.75, 3.05) is 5.32 Å². The topological polar surface area (TPSA) is 37.8 Å². The summed E-state index contributed by atoms with van der Waals surface area (Å²) in [5.74, 6) is 0.715. The lowest BCUT2D eigenvalue weighted by atomic mass is 9.88. The number of nitrogens with zero attached hydrogens (tertiary/aromatic N) is 2. The van der Waals surface area contributed by atoms with Gasteiger partial charge in [0.15, 0.2) is 5.82 Å². The molecule has 0 spiro atoms. The molecule has 8 aromatic rings. The van der Waals surface area contributed by atoms with Crippen LogP contribution in [0.2, 0.25) is 0 Å². The summed E-state index contributed by atoms with van der Waals surface area (Å²) in [7, 11) is 0. The Balaban J connectivity index is 1.10. The molecule has 2 aromatic heterocycles. The molecule has 2 aliphatic rings. The first-order valence-electron chi connectivity index (χ1n) is 17.7. The van der Waals surface area contributed by atoms with E-state index in [2.05, 4.69) is 163 Å². The second-order valence-electron chi connectivity index (χ2n) is 13.4. The van der Waals surface area contributed by atoms with Crippen molar-refractivity contribution < 1.29 is 0 Å². The Morgan fingerprint density at radius 3 is 2.15 bits per heavy atom. The molecule has 1 aliphatic heterocycles. The van der Waals surface area contributed by atoms with Gasteiger partial charge < -0.3 is 5.32 Å². The van der Waals surface area contributed by atoms with E-state index in [0.29, 0.717) is 5.82 Å². The highest BCUT2D eigenvalue weighted by Crippen LogP contribution is 2.51. The van der Waals surface area contributed by atoms with Crippen molar-refractivity contribution in [3.05, 3.63) is 198 Å². The minimum atomic E-state index is -0.00930. The molecular weight excluding hydrogens is 651 g/mol. The molecule has 0 saturated heterocycles. The molecule has 0 radical (unpaired) electrons. The van der Waals surface area contributed by atoms with Gasteiger partial charge in [-0.15, -0.1) is 11.3 Å². The molecule has 52 heavy (non-hydrogen) atoms. The van der Waals surface area contributed by atoms with Gasteiger partial charge in [0.05, 0.1) is 17.4 Å². The molecule has 1 N–H and O–H groups in total. The van der Waals surface area contributed by atoms with Gasteiger partial charge in [-0.3, -0.25) is 0 Å². The second-order valence-corrected chi connectivity index (χ2v) is 14.5. The van der Waals surface area contributed by atoms with Gasteiger partial charge in [-0.25, -0.2) is 9.97 Å². The Morgan fingerprint density at radius 2 is 1.31 bits per heavy atom. The Bertz CT molecular complexity index is 2740. The van der Waals surface area contributed by atoms with Gasteiger partial charge in [-0.2, -0.15) is 0 Å². The third-order valence-corrected chi connectivity index (χ3v) is 11.4. The van der Waals surface area contributed by atoms with Crippen molar-refractivity contribution >= 4 is 49.0 Å². The third kappa shape index (κ3) is 5.45. The number of nitrogens with one attached hydrogen (secondary N) is 1. The Morgan fingerprint density at radius 1 is 0.596 bits per heavy atom. The highest BCUT2D eigenvalue weighted by molar-refractivity contribution is 7.19. The van der Waals surface area contributed by atoms with Gasteiger partial charge >= 0.3 is 0 Å². The predicted octanol–water partition coefficient (Wildman–Crippen LogP) is 12.8. The van der Waals surface area contributed by atoms with Gasteiger partial charge in [0.25, 0.3) is 0 Å². The number of aromatic nitrogens is 2. The molecule has 0 saturated carbocycles. The summed E-state index contributed by atoms with van der Waals surface area (Å²) in [4.78, 5) is 11.7. The van der Waals surface area contributed by atoms with E-state index in [1.165, 1.54) is 53.6 Å². The zero-order valence-electron chi connectivity index (χ0n) is 28.3. The minimum Gasteiger partial charge on any atom is -0.373 e. The molecular formula is C48H33N3S. The van der Waals surface area contributed by atoms with Crippen molar-refractivity contribution in [3.63, 3.8) is 0 Å². The van der Waals surface area contributed by atoms with Crippen molar-refractivity contribution in [2.24, 2.45) is 0 Å². The monoisotopic (exact) mass is 683 g/mol. The smallest absolute Gasteiger partial charge is 0.160 e. The lowest BCUT2D eigenvalue weighted by Crippen LogP contribution is -2.16. The van der Waals surface area contributed by atoms with E-state index in [9.17, 15) is 0 Å². The van der Waals surface area contributed by atoms with E-state index < -0.39 is 0 Å². The van der Waals surface area contributed by atoms with Crippen molar-refractivity contribution in [1.29, 1.82) is 0 Å². The third-order valence-electron chi connectivity index (χ3n) is 10.2. The Hall–Kier alpha value is -6.36. The molecule has 3 heterocycles. The largest absolute Gasteiger partial charge is 0.373 e. The van der Waals surface area contributed by atoms with Crippen LogP contribution in [0.4, 0.5) is 5.69 Å². The van der Waals surface area contributed by atoms with Crippen molar-refractivity contribution in [3.8, 4) is 33.8 Å². The summed E-state index contributed by atoms with van der Waals surface area (Å²) in [6, 6.07) is 54.0. The van der Waals surface area contributed by atoms with Gasteiger partial charge in [-0.05, 0) is 69.8 Å². The average Bonchev–Trinajstić information content (AvgIpc) is 3.43. The van der Waals surface area contributed by atoms with Gasteiger partial charge in [0, 0.05) is 42.9 Å².